The van der Waals surface area contributed by atoms with Gasteiger partial charge in [0.05, 0.1) is 5.54 Å². The third-order valence-corrected chi connectivity index (χ3v) is 3.83. The van der Waals surface area contributed by atoms with E-state index < -0.39 is 15.6 Å². The molecule has 6 nitrogen and oxygen atoms in total. The van der Waals surface area contributed by atoms with Gasteiger partial charge >= 0.3 is 15.6 Å². The fourth-order valence-electron chi connectivity index (χ4n) is 0.907. The van der Waals surface area contributed by atoms with Crippen LogP contribution in [0.5, 0.6) is 0 Å². The molecule has 0 unspecified atom stereocenters. The van der Waals surface area contributed by atoms with Gasteiger partial charge < -0.3 is 11.5 Å². The van der Waals surface area contributed by atoms with Gasteiger partial charge in [-0.3, -0.25) is 4.55 Å². The number of aliphatic imine (C=N–C) groups is 1. The minimum atomic E-state index is -5.84. The van der Waals surface area contributed by atoms with Crippen molar-refractivity contribution in [1.82, 2.24) is 0 Å². The second-order valence-electron chi connectivity index (χ2n) is 5.25. The second kappa shape index (κ2) is 6.61. The van der Waals surface area contributed by atoms with Gasteiger partial charge in [0.2, 0.25) is 0 Å². The average molecular weight is 321 g/mol. The van der Waals surface area contributed by atoms with Crippen LogP contribution >= 0.6 is 0 Å². The Morgan fingerprint density at radius 3 is 1.60 bits per heavy atom. The summed E-state index contributed by atoms with van der Waals surface area (Å²) in [4.78, 5) is 4.22. The molecule has 0 fully saturated rings. The first-order chi connectivity index (χ1) is 8.48. The molecular weight excluding hydrogens is 299 g/mol. The van der Waals surface area contributed by atoms with Crippen LogP contribution in [0.4, 0.5) is 13.2 Å². The van der Waals surface area contributed by atoms with Crippen molar-refractivity contribution in [1.29, 1.82) is 0 Å². The maximum atomic E-state index is 10.7. The Labute approximate surface area is 117 Å². The number of hydrogen-bond acceptors (Lipinski definition) is 3. The zero-order chi connectivity index (χ0) is 17.0. The Morgan fingerprint density at radius 1 is 1.15 bits per heavy atom. The molecule has 10 heteroatoms. The van der Waals surface area contributed by atoms with Crippen molar-refractivity contribution in [3.63, 3.8) is 0 Å². The predicted molar refractivity (Wildman–Crippen MR) is 71.6 cm³/mol. The lowest BCUT2D eigenvalue weighted by atomic mass is 9.73. The standard InChI is InChI=1S/C9H21N3.CHF3O3S/c1-6-8(2,3)9(4,5)12-7(10)11;2-1(3,4)8(5,6)7/h6H2,1-5H3,(H4,10,11,12);(H,5,6,7). The van der Waals surface area contributed by atoms with Crippen LogP contribution in [-0.2, 0) is 10.1 Å². The van der Waals surface area contributed by atoms with E-state index in [0.29, 0.717) is 0 Å². The Balaban J connectivity index is 0. The summed E-state index contributed by atoms with van der Waals surface area (Å²) in [5.74, 6) is 0.168. The van der Waals surface area contributed by atoms with Crippen LogP contribution in [0, 0.1) is 5.41 Å². The number of rotatable bonds is 3. The van der Waals surface area contributed by atoms with Gasteiger partial charge in [-0.2, -0.15) is 21.6 Å². The fourth-order valence-corrected chi connectivity index (χ4v) is 0.907. The quantitative estimate of drug-likeness (QED) is 0.317. The third kappa shape index (κ3) is 6.94. The van der Waals surface area contributed by atoms with E-state index in [9.17, 15) is 13.2 Å². The maximum absolute atomic E-state index is 10.7. The predicted octanol–water partition coefficient (Wildman–Crippen LogP) is 1.87. The number of nitrogens with zero attached hydrogens (tertiary/aromatic N) is 1. The van der Waals surface area contributed by atoms with E-state index in [4.69, 9.17) is 24.4 Å². The highest BCUT2D eigenvalue weighted by molar-refractivity contribution is 7.86. The topological polar surface area (TPSA) is 119 Å². The van der Waals surface area contributed by atoms with E-state index in [1.165, 1.54) is 0 Å². The van der Waals surface area contributed by atoms with Crippen LogP contribution < -0.4 is 11.5 Å². The number of guanidine groups is 1. The van der Waals surface area contributed by atoms with E-state index in [0.717, 1.165) is 6.42 Å². The first-order valence-electron chi connectivity index (χ1n) is 5.62. The van der Waals surface area contributed by atoms with E-state index >= 15 is 0 Å². The summed E-state index contributed by atoms with van der Waals surface area (Å²) in [7, 11) is -5.84. The van der Waals surface area contributed by atoms with E-state index in [-0.39, 0.29) is 16.9 Å². The normalized spacial score (nSPS) is 13.2. The molecule has 5 N–H and O–H groups in total. The minimum absolute atomic E-state index is 0.122. The van der Waals surface area contributed by atoms with Gasteiger partial charge in [0.1, 0.15) is 0 Å². The van der Waals surface area contributed by atoms with Crippen LogP contribution in [0.15, 0.2) is 4.99 Å². The number of hydrogen-bond donors (Lipinski definition) is 3. The molecule has 0 bridgehead atoms. The lowest BCUT2D eigenvalue weighted by Gasteiger charge is -2.37. The van der Waals surface area contributed by atoms with E-state index in [1.54, 1.807) is 0 Å². The molecule has 0 aromatic heterocycles. The molecule has 0 aliphatic carbocycles. The molecule has 0 aromatic carbocycles. The van der Waals surface area contributed by atoms with Gasteiger partial charge in [-0.1, -0.05) is 20.8 Å². The summed E-state index contributed by atoms with van der Waals surface area (Å²) < 4.78 is 57.5. The SMILES string of the molecule is CCC(C)(C)C(C)(C)N=C(N)N.O=S(=O)(O)C(F)(F)F. The molecule has 0 amide bonds. The Kier molecular flexibility index (Phi) is 7.04. The highest BCUT2D eigenvalue weighted by atomic mass is 32.2. The number of nitrogens with two attached hydrogens (primary N) is 2. The summed E-state index contributed by atoms with van der Waals surface area (Å²) in [6.07, 6.45) is 1.05. The van der Waals surface area contributed by atoms with Crippen LogP contribution in [0.3, 0.4) is 0 Å². The molecule has 0 radical (unpaired) electrons. The molecule has 0 rings (SSSR count). The smallest absolute Gasteiger partial charge is 0.370 e. The van der Waals surface area contributed by atoms with Crippen molar-refractivity contribution in [2.75, 3.05) is 0 Å². The zero-order valence-electron chi connectivity index (χ0n) is 12.1. The molecule has 0 aliphatic heterocycles. The lowest BCUT2D eigenvalue weighted by molar-refractivity contribution is -0.0510. The van der Waals surface area contributed by atoms with Gasteiger partial charge in [-0.25, -0.2) is 4.99 Å². The van der Waals surface area contributed by atoms with E-state index in [2.05, 4.69) is 39.6 Å². The highest BCUT2D eigenvalue weighted by Gasteiger charge is 2.44. The van der Waals surface area contributed by atoms with E-state index in [1.807, 2.05) is 0 Å². The van der Waals surface area contributed by atoms with Gasteiger partial charge in [0.25, 0.3) is 0 Å². The van der Waals surface area contributed by atoms with Gasteiger partial charge in [-0.15, -0.1) is 0 Å². The zero-order valence-corrected chi connectivity index (χ0v) is 12.9. The summed E-state index contributed by atoms with van der Waals surface area (Å²) >= 11 is 0. The molecule has 0 saturated carbocycles. The van der Waals surface area contributed by atoms with Crippen molar-refractivity contribution in [2.45, 2.75) is 52.1 Å². The molecule has 0 atom stereocenters. The molecule has 0 aromatic rings. The largest absolute Gasteiger partial charge is 0.522 e. The summed E-state index contributed by atoms with van der Waals surface area (Å²) in [5.41, 5.74) is 5.11. The molecule has 20 heavy (non-hydrogen) atoms. The van der Waals surface area contributed by atoms with Crippen LogP contribution in [0.1, 0.15) is 41.0 Å². The lowest BCUT2D eigenvalue weighted by Crippen LogP contribution is -2.40. The molecule has 0 saturated heterocycles. The van der Waals surface area contributed by atoms with Crippen LogP contribution in [-0.4, -0.2) is 30.0 Å². The van der Waals surface area contributed by atoms with Crippen LogP contribution in [0.25, 0.3) is 0 Å². The molecule has 0 heterocycles. The first-order valence-corrected chi connectivity index (χ1v) is 7.06. The Morgan fingerprint density at radius 2 is 1.45 bits per heavy atom. The maximum Gasteiger partial charge on any atom is 0.522 e. The summed E-state index contributed by atoms with van der Waals surface area (Å²) in [6, 6.07) is 0. The van der Waals surface area contributed by atoms with Crippen molar-refractivity contribution < 1.29 is 26.1 Å². The Bertz CT molecular complexity index is 438. The highest BCUT2D eigenvalue weighted by Crippen LogP contribution is 2.36. The third-order valence-electron chi connectivity index (χ3n) is 3.24. The summed E-state index contributed by atoms with van der Waals surface area (Å²) in [5, 5.41) is 0. The van der Waals surface area contributed by atoms with Crippen molar-refractivity contribution >= 4 is 16.1 Å². The van der Waals surface area contributed by atoms with Crippen molar-refractivity contribution in [2.24, 2.45) is 21.9 Å². The van der Waals surface area contributed by atoms with Crippen molar-refractivity contribution in [3.05, 3.63) is 0 Å². The monoisotopic (exact) mass is 321 g/mol. The van der Waals surface area contributed by atoms with Gasteiger partial charge in [0.15, 0.2) is 5.96 Å². The molecule has 0 aliphatic rings. The fraction of sp³-hybridized carbons (Fsp3) is 0.900. The Hall–Kier alpha value is -1.03. The van der Waals surface area contributed by atoms with Gasteiger partial charge in [-0.05, 0) is 25.7 Å². The van der Waals surface area contributed by atoms with Gasteiger partial charge in [0, 0.05) is 0 Å². The molecule has 0 spiro atoms. The average Bonchev–Trinajstić information content (AvgIpc) is 2.12. The number of alkyl halides is 3. The number of halogens is 3. The second-order valence-corrected chi connectivity index (χ2v) is 6.67. The van der Waals surface area contributed by atoms with Crippen LogP contribution in [0.2, 0.25) is 0 Å². The molecule has 122 valence electrons. The first kappa shape index (κ1) is 21.3. The minimum Gasteiger partial charge on any atom is -0.370 e. The van der Waals surface area contributed by atoms with Crippen molar-refractivity contribution in [3.8, 4) is 0 Å². The summed E-state index contributed by atoms with van der Waals surface area (Å²) in [6.45, 7) is 10.6. The molecular formula is C10H22F3N3O3S.